The van der Waals surface area contributed by atoms with E-state index in [-0.39, 0.29) is 0 Å². The Labute approximate surface area is 96.1 Å². The number of aryl methyl sites for hydroxylation is 3. The molecule has 3 nitrogen and oxygen atoms in total. The highest BCUT2D eigenvalue weighted by Crippen LogP contribution is 2.16. The van der Waals surface area contributed by atoms with Gasteiger partial charge < -0.3 is 9.88 Å². The van der Waals surface area contributed by atoms with Gasteiger partial charge in [0.05, 0.1) is 18.6 Å². The predicted molar refractivity (Wildman–Crippen MR) is 66.5 cm³/mol. The molecular weight excluding hydrogens is 198 g/mol. The third-order valence-corrected chi connectivity index (χ3v) is 2.76. The fourth-order valence-electron chi connectivity index (χ4n) is 1.75. The van der Waals surface area contributed by atoms with E-state index in [1.54, 1.807) is 0 Å². The molecule has 0 amide bonds. The van der Waals surface area contributed by atoms with Crippen molar-refractivity contribution >= 4 is 5.69 Å². The van der Waals surface area contributed by atoms with Crippen LogP contribution in [0, 0.1) is 13.8 Å². The van der Waals surface area contributed by atoms with E-state index in [9.17, 15) is 0 Å². The molecule has 1 aromatic heterocycles. The SMILES string of the molecule is Cc1ccc(NCc2cncn2C)c(C)c1. The Morgan fingerprint density at radius 2 is 2.12 bits per heavy atom. The van der Waals surface area contributed by atoms with Crippen molar-refractivity contribution in [1.82, 2.24) is 9.55 Å². The zero-order valence-corrected chi connectivity index (χ0v) is 9.99. The van der Waals surface area contributed by atoms with Crippen molar-refractivity contribution < 1.29 is 0 Å². The zero-order chi connectivity index (χ0) is 11.5. The lowest BCUT2D eigenvalue weighted by Crippen LogP contribution is -2.05. The van der Waals surface area contributed by atoms with Gasteiger partial charge in [-0.1, -0.05) is 17.7 Å². The van der Waals surface area contributed by atoms with Crippen LogP contribution in [-0.2, 0) is 13.6 Å². The van der Waals surface area contributed by atoms with Crippen LogP contribution in [0.15, 0.2) is 30.7 Å². The highest BCUT2D eigenvalue weighted by Gasteiger charge is 2.00. The molecule has 84 valence electrons. The molecular formula is C13H17N3. The molecule has 2 aromatic rings. The Hall–Kier alpha value is -1.77. The van der Waals surface area contributed by atoms with Crippen molar-refractivity contribution in [2.24, 2.45) is 7.05 Å². The fraction of sp³-hybridized carbons (Fsp3) is 0.308. The number of anilines is 1. The molecule has 16 heavy (non-hydrogen) atoms. The summed E-state index contributed by atoms with van der Waals surface area (Å²) in [6.07, 6.45) is 3.70. The highest BCUT2D eigenvalue weighted by atomic mass is 15.0. The first-order valence-corrected chi connectivity index (χ1v) is 5.43. The number of rotatable bonds is 3. The van der Waals surface area contributed by atoms with Crippen LogP contribution in [0.1, 0.15) is 16.8 Å². The third kappa shape index (κ3) is 2.24. The molecule has 0 spiro atoms. The number of nitrogens with one attached hydrogen (secondary N) is 1. The molecule has 0 fully saturated rings. The fourth-order valence-corrected chi connectivity index (χ4v) is 1.75. The molecule has 0 radical (unpaired) electrons. The molecule has 0 saturated carbocycles. The average molecular weight is 215 g/mol. The van der Waals surface area contributed by atoms with Crippen LogP contribution in [0.3, 0.4) is 0 Å². The Bertz CT molecular complexity index is 486. The lowest BCUT2D eigenvalue weighted by molar-refractivity contribution is 0.837. The molecule has 1 heterocycles. The van der Waals surface area contributed by atoms with Gasteiger partial charge in [-0.3, -0.25) is 0 Å². The molecule has 3 heteroatoms. The minimum atomic E-state index is 0.806. The van der Waals surface area contributed by atoms with Gasteiger partial charge in [-0.2, -0.15) is 0 Å². The monoisotopic (exact) mass is 215 g/mol. The average Bonchev–Trinajstić information content (AvgIpc) is 2.63. The van der Waals surface area contributed by atoms with Crippen LogP contribution < -0.4 is 5.32 Å². The van der Waals surface area contributed by atoms with E-state index in [2.05, 4.69) is 42.3 Å². The second-order valence-electron chi connectivity index (χ2n) is 4.17. The van der Waals surface area contributed by atoms with E-state index in [0.29, 0.717) is 0 Å². The Morgan fingerprint density at radius 3 is 2.75 bits per heavy atom. The molecule has 2 rings (SSSR count). The minimum absolute atomic E-state index is 0.806. The van der Waals surface area contributed by atoms with E-state index in [4.69, 9.17) is 0 Å². The molecule has 0 atom stereocenters. The summed E-state index contributed by atoms with van der Waals surface area (Å²) in [4.78, 5) is 4.09. The van der Waals surface area contributed by atoms with Gasteiger partial charge in [0.25, 0.3) is 0 Å². The number of imidazole rings is 1. The number of benzene rings is 1. The number of hydrogen-bond acceptors (Lipinski definition) is 2. The second kappa shape index (κ2) is 4.39. The van der Waals surface area contributed by atoms with Crippen LogP contribution in [0.2, 0.25) is 0 Å². The lowest BCUT2D eigenvalue weighted by atomic mass is 10.1. The number of nitrogens with zero attached hydrogens (tertiary/aromatic N) is 2. The van der Waals surface area contributed by atoms with E-state index < -0.39 is 0 Å². The van der Waals surface area contributed by atoms with Gasteiger partial charge in [0, 0.05) is 18.9 Å². The molecule has 1 aromatic carbocycles. The maximum atomic E-state index is 4.09. The van der Waals surface area contributed by atoms with Gasteiger partial charge in [-0.05, 0) is 25.5 Å². The molecule has 0 aliphatic rings. The van der Waals surface area contributed by atoms with Gasteiger partial charge in [0.2, 0.25) is 0 Å². The maximum absolute atomic E-state index is 4.09. The Balaban J connectivity index is 2.08. The third-order valence-electron chi connectivity index (χ3n) is 2.76. The topological polar surface area (TPSA) is 29.9 Å². The van der Waals surface area contributed by atoms with E-state index in [1.807, 2.05) is 24.1 Å². The molecule has 0 aliphatic carbocycles. The van der Waals surface area contributed by atoms with Crippen molar-refractivity contribution in [3.05, 3.63) is 47.5 Å². The zero-order valence-electron chi connectivity index (χ0n) is 9.99. The summed E-state index contributed by atoms with van der Waals surface area (Å²) < 4.78 is 2.02. The van der Waals surface area contributed by atoms with Gasteiger partial charge in [0.15, 0.2) is 0 Å². The quantitative estimate of drug-likeness (QED) is 0.853. The van der Waals surface area contributed by atoms with E-state index in [0.717, 1.165) is 6.54 Å². The normalized spacial score (nSPS) is 10.4. The Kier molecular flexibility index (Phi) is 2.95. The van der Waals surface area contributed by atoms with E-state index in [1.165, 1.54) is 22.5 Å². The lowest BCUT2D eigenvalue weighted by Gasteiger charge is -2.10. The largest absolute Gasteiger partial charge is 0.379 e. The van der Waals surface area contributed by atoms with Gasteiger partial charge >= 0.3 is 0 Å². The second-order valence-corrected chi connectivity index (χ2v) is 4.17. The van der Waals surface area contributed by atoms with Gasteiger partial charge in [-0.15, -0.1) is 0 Å². The summed E-state index contributed by atoms with van der Waals surface area (Å²) in [5, 5.41) is 3.42. The van der Waals surface area contributed by atoms with Crippen LogP contribution >= 0.6 is 0 Å². The standard InChI is InChI=1S/C13H17N3/c1-10-4-5-13(11(2)6-10)15-8-12-7-14-9-16(12)3/h4-7,9,15H,8H2,1-3H3. The first-order chi connectivity index (χ1) is 7.66. The van der Waals surface area contributed by atoms with Crippen LogP contribution in [-0.4, -0.2) is 9.55 Å². The Morgan fingerprint density at radius 1 is 1.31 bits per heavy atom. The summed E-state index contributed by atoms with van der Waals surface area (Å²) in [5.41, 5.74) is 4.94. The van der Waals surface area contributed by atoms with Crippen molar-refractivity contribution in [3.8, 4) is 0 Å². The smallest absolute Gasteiger partial charge is 0.0946 e. The van der Waals surface area contributed by atoms with Crippen LogP contribution in [0.4, 0.5) is 5.69 Å². The first kappa shape index (κ1) is 10.7. The minimum Gasteiger partial charge on any atom is -0.379 e. The number of aromatic nitrogens is 2. The molecule has 1 N–H and O–H groups in total. The molecule has 0 unspecified atom stereocenters. The van der Waals surface area contributed by atoms with Crippen molar-refractivity contribution in [3.63, 3.8) is 0 Å². The molecule has 0 aliphatic heterocycles. The van der Waals surface area contributed by atoms with Gasteiger partial charge in [-0.25, -0.2) is 4.98 Å². The first-order valence-electron chi connectivity index (χ1n) is 5.43. The summed E-state index contributed by atoms with van der Waals surface area (Å²) >= 11 is 0. The molecule has 0 bridgehead atoms. The highest BCUT2D eigenvalue weighted by molar-refractivity contribution is 5.51. The summed E-state index contributed by atoms with van der Waals surface area (Å²) in [6, 6.07) is 6.44. The predicted octanol–water partition coefficient (Wildman–Crippen LogP) is 2.65. The summed E-state index contributed by atoms with van der Waals surface area (Å²) in [6.45, 7) is 5.04. The van der Waals surface area contributed by atoms with Crippen LogP contribution in [0.25, 0.3) is 0 Å². The van der Waals surface area contributed by atoms with Crippen molar-refractivity contribution in [2.75, 3.05) is 5.32 Å². The number of hydrogen-bond donors (Lipinski definition) is 1. The van der Waals surface area contributed by atoms with Crippen molar-refractivity contribution in [1.29, 1.82) is 0 Å². The van der Waals surface area contributed by atoms with Crippen molar-refractivity contribution in [2.45, 2.75) is 20.4 Å². The maximum Gasteiger partial charge on any atom is 0.0946 e. The van der Waals surface area contributed by atoms with Crippen LogP contribution in [0.5, 0.6) is 0 Å². The van der Waals surface area contributed by atoms with E-state index >= 15 is 0 Å². The molecule has 0 saturated heterocycles. The summed E-state index contributed by atoms with van der Waals surface area (Å²) in [7, 11) is 2.01. The van der Waals surface area contributed by atoms with Gasteiger partial charge in [0.1, 0.15) is 0 Å². The summed E-state index contributed by atoms with van der Waals surface area (Å²) in [5.74, 6) is 0.